The zero-order valence-electron chi connectivity index (χ0n) is 8.62. The molecule has 1 fully saturated rings. The normalized spacial score (nSPS) is 26.1. The predicted molar refractivity (Wildman–Crippen MR) is 51.9 cm³/mol. The zero-order chi connectivity index (χ0) is 9.97. The lowest BCUT2D eigenvalue weighted by Crippen LogP contribution is -2.44. The Bertz CT molecular complexity index is 292. The fraction of sp³-hybridized carbons (Fsp3) is 0.700. The van der Waals surface area contributed by atoms with Gasteiger partial charge in [-0.05, 0) is 19.8 Å². The Morgan fingerprint density at radius 2 is 2.43 bits per heavy atom. The molecule has 0 bridgehead atoms. The molecular formula is C10H16N2O2. The molecule has 0 aromatic carbocycles. The third-order valence-electron chi connectivity index (χ3n) is 2.67. The monoisotopic (exact) mass is 196 g/mol. The van der Waals surface area contributed by atoms with Crippen LogP contribution in [0.5, 0.6) is 0 Å². The second kappa shape index (κ2) is 4.11. The molecule has 0 aliphatic heterocycles. The summed E-state index contributed by atoms with van der Waals surface area (Å²) in [7, 11) is 1.76. The SMILES string of the molecule is COC1CC(NCc2cc(C)no2)C1. The van der Waals surface area contributed by atoms with Gasteiger partial charge in [-0.1, -0.05) is 5.16 Å². The smallest absolute Gasteiger partial charge is 0.150 e. The van der Waals surface area contributed by atoms with Crippen molar-refractivity contribution in [2.75, 3.05) is 7.11 Å². The fourth-order valence-corrected chi connectivity index (χ4v) is 1.67. The number of aromatic nitrogens is 1. The largest absolute Gasteiger partial charge is 0.381 e. The van der Waals surface area contributed by atoms with Gasteiger partial charge in [-0.3, -0.25) is 0 Å². The molecule has 1 saturated carbocycles. The lowest BCUT2D eigenvalue weighted by atomic mass is 9.89. The predicted octanol–water partition coefficient (Wildman–Crippen LogP) is 1.25. The molecule has 78 valence electrons. The highest BCUT2D eigenvalue weighted by molar-refractivity contribution is 5.03. The second-order valence-corrected chi connectivity index (χ2v) is 3.84. The van der Waals surface area contributed by atoms with Crippen LogP contribution in [0.3, 0.4) is 0 Å². The molecular weight excluding hydrogens is 180 g/mol. The molecule has 0 atom stereocenters. The van der Waals surface area contributed by atoms with Crippen molar-refractivity contribution in [2.24, 2.45) is 0 Å². The average Bonchev–Trinajstić information content (AvgIpc) is 2.49. The van der Waals surface area contributed by atoms with E-state index in [2.05, 4.69) is 10.5 Å². The van der Waals surface area contributed by atoms with Crippen molar-refractivity contribution in [1.29, 1.82) is 0 Å². The van der Waals surface area contributed by atoms with E-state index < -0.39 is 0 Å². The summed E-state index contributed by atoms with van der Waals surface area (Å²) < 4.78 is 10.3. The molecule has 1 heterocycles. The number of aryl methyl sites for hydroxylation is 1. The highest BCUT2D eigenvalue weighted by atomic mass is 16.5. The molecule has 0 unspecified atom stereocenters. The lowest BCUT2D eigenvalue weighted by molar-refractivity contribution is 0.0164. The Kier molecular flexibility index (Phi) is 2.84. The van der Waals surface area contributed by atoms with E-state index >= 15 is 0 Å². The van der Waals surface area contributed by atoms with Crippen molar-refractivity contribution in [1.82, 2.24) is 10.5 Å². The summed E-state index contributed by atoms with van der Waals surface area (Å²) in [5, 5.41) is 7.23. The van der Waals surface area contributed by atoms with Crippen molar-refractivity contribution in [2.45, 2.75) is 38.5 Å². The van der Waals surface area contributed by atoms with Gasteiger partial charge in [0.2, 0.25) is 0 Å². The average molecular weight is 196 g/mol. The van der Waals surface area contributed by atoms with E-state index in [4.69, 9.17) is 9.26 Å². The molecule has 0 saturated heterocycles. The molecule has 1 aromatic rings. The topological polar surface area (TPSA) is 47.3 Å². The summed E-state index contributed by atoms with van der Waals surface area (Å²) in [5.41, 5.74) is 0.935. The molecule has 0 radical (unpaired) electrons. The van der Waals surface area contributed by atoms with Crippen molar-refractivity contribution >= 4 is 0 Å². The number of ether oxygens (including phenoxy) is 1. The second-order valence-electron chi connectivity index (χ2n) is 3.84. The first-order valence-corrected chi connectivity index (χ1v) is 4.96. The first kappa shape index (κ1) is 9.68. The minimum atomic E-state index is 0.448. The summed E-state index contributed by atoms with van der Waals surface area (Å²) >= 11 is 0. The van der Waals surface area contributed by atoms with Crippen LogP contribution < -0.4 is 5.32 Å². The van der Waals surface area contributed by atoms with E-state index in [-0.39, 0.29) is 0 Å². The maximum absolute atomic E-state index is 5.20. The van der Waals surface area contributed by atoms with Crippen molar-refractivity contribution in [3.63, 3.8) is 0 Å². The molecule has 1 aromatic heterocycles. The van der Waals surface area contributed by atoms with E-state index in [1.165, 1.54) is 0 Å². The molecule has 0 amide bonds. The van der Waals surface area contributed by atoms with Crippen LogP contribution in [0.25, 0.3) is 0 Å². The molecule has 4 heteroatoms. The summed E-state index contributed by atoms with van der Waals surface area (Å²) in [6, 6.07) is 2.53. The minimum Gasteiger partial charge on any atom is -0.381 e. The summed E-state index contributed by atoms with van der Waals surface area (Å²) in [6.45, 7) is 2.69. The number of methoxy groups -OCH3 is 1. The van der Waals surface area contributed by atoms with Gasteiger partial charge in [-0.25, -0.2) is 0 Å². The Labute approximate surface area is 83.6 Å². The molecule has 14 heavy (non-hydrogen) atoms. The molecule has 0 spiro atoms. The Morgan fingerprint density at radius 1 is 1.64 bits per heavy atom. The number of hydrogen-bond acceptors (Lipinski definition) is 4. The van der Waals surface area contributed by atoms with Gasteiger partial charge in [0.15, 0.2) is 5.76 Å². The highest BCUT2D eigenvalue weighted by Gasteiger charge is 2.28. The van der Waals surface area contributed by atoms with Crippen LogP contribution in [0.15, 0.2) is 10.6 Å². The number of nitrogens with one attached hydrogen (secondary N) is 1. The summed E-state index contributed by atoms with van der Waals surface area (Å²) in [4.78, 5) is 0. The molecule has 1 aliphatic carbocycles. The van der Waals surface area contributed by atoms with Crippen LogP contribution in [0.4, 0.5) is 0 Å². The third-order valence-corrected chi connectivity index (χ3v) is 2.67. The van der Waals surface area contributed by atoms with E-state index in [0.717, 1.165) is 30.8 Å². The van der Waals surface area contributed by atoms with Gasteiger partial charge >= 0.3 is 0 Å². The highest BCUT2D eigenvalue weighted by Crippen LogP contribution is 2.22. The van der Waals surface area contributed by atoms with Crippen LogP contribution >= 0.6 is 0 Å². The van der Waals surface area contributed by atoms with Gasteiger partial charge in [-0.15, -0.1) is 0 Å². The summed E-state index contributed by atoms with van der Waals surface area (Å²) in [6.07, 6.45) is 2.65. The maximum atomic E-state index is 5.20. The Balaban J connectivity index is 1.69. The minimum absolute atomic E-state index is 0.448. The van der Waals surface area contributed by atoms with Crippen molar-refractivity contribution < 1.29 is 9.26 Å². The lowest BCUT2D eigenvalue weighted by Gasteiger charge is -2.34. The van der Waals surface area contributed by atoms with E-state index in [1.54, 1.807) is 7.11 Å². The fourth-order valence-electron chi connectivity index (χ4n) is 1.67. The van der Waals surface area contributed by atoms with E-state index in [0.29, 0.717) is 12.1 Å². The van der Waals surface area contributed by atoms with Gasteiger partial charge in [-0.2, -0.15) is 0 Å². The van der Waals surface area contributed by atoms with E-state index in [9.17, 15) is 0 Å². The van der Waals surface area contributed by atoms with Crippen LogP contribution in [0.1, 0.15) is 24.3 Å². The van der Waals surface area contributed by atoms with Gasteiger partial charge in [0.1, 0.15) is 0 Å². The molecule has 2 rings (SSSR count). The Hall–Kier alpha value is -0.870. The maximum Gasteiger partial charge on any atom is 0.150 e. The van der Waals surface area contributed by atoms with Gasteiger partial charge < -0.3 is 14.6 Å². The first-order valence-electron chi connectivity index (χ1n) is 4.96. The standard InChI is InChI=1S/C10H16N2O2/c1-7-3-10(14-12-7)6-11-8-4-9(5-8)13-2/h3,8-9,11H,4-6H2,1-2H3. The quantitative estimate of drug-likeness (QED) is 0.787. The van der Waals surface area contributed by atoms with Gasteiger partial charge in [0.25, 0.3) is 0 Å². The van der Waals surface area contributed by atoms with Crippen molar-refractivity contribution in [3.05, 3.63) is 17.5 Å². The summed E-state index contributed by atoms with van der Waals surface area (Å²) in [5.74, 6) is 0.906. The Morgan fingerprint density at radius 3 is 3.00 bits per heavy atom. The van der Waals surface area contributed by atoms with Crippen LogP contribution in [-0.4, -0.2) is 24.4 Å². The van der Waals surface area contributed by atoms with Gasteiger partial charge in [0, 0.05) is 19.2 Å². The molecule has 1 aliphatic rings. The zero-order valence-corrected chi connectivity index (χ0v) is 8.62. The third kappa shape index (κ3) is 2.13. The molecule has 1 N–H and O–H groups in total. The van der Waals surface area contributed by atoms with Crippen molar-refractivity contribution in [3.8, 4) is 0 Å². The van der Waals surface area contributed by atoms with Crippen LogP contribution in [0, 0.1) is 6.92 Å². The molecule has 4 nitrogen and oxygen atoms in total. The van der Waals surface area contributed by atoms with Crippen LogP contribution in [-0.2, 0) is 11.3 Å². The number of nitrogens with zero attached hydrogens (tertiary/aromatic N) is 1. The number of rotatable bonds is 4. The number of hydrogen-bond donors (Lipinski definition) is 1. The van der Waals surface area contributed by atoms with Gasteiger partial charge in [0.05, 0.1) is 18.3 Å². The first-order chi connectivity index (χ1) is 6.78. The van der Waals surface area contributed by atoms with Crippen LogP contribution in [0.2, 0.25) is 0 Å². The van der Waals surface area contributed by atoms with E-state index in [1.807, 2.05) is 13.0 Å².